The predicted molar refractivity (Wildman–Crippen MR) is 77.4 cm³/mol. The van der Waals surface area contributed by atoms with Gasteiger partial charge in [0.2, 0.25) is 5.60 Å². The number of fused-ring (bicyclic) bond motifs is 1. The molecule has 2 rings (SSSR count). The van der Waals surface area contributed by atoms with Crippen LogP contribution in [0.1, 0.15) is 12.5 Å². The monoisotopic (exact) mass is 339 g/mol. The first-order valence-electron chi connectivity index (χ1n) is 6.06. The molecule has 0 aliphatic carbocycles. The predicted octanol–water partition coefficient (Wildman–Crippen LogP) is 1.69. The molecular formula is C14H14BrNO4. The van der Waals surface area contributed by atoms with E-state index in [1.54, 1.807) is 38.2 Å². The minimum atomic E-state index is -2.03. The van der Waals surface area contributed by atoms with Crippen molar-refractivity contribution in [1.82, 2.24) is 0 Å². The first-order valence-corrected chi connectivity index (χ1v) is 6.98. The summed E-state index contributed by atoms with van der Waals surface area (Å²) < 4.78 is 4.90. The van der Waals surface area contributed by atoms with Gasteiger partial charge in [0.1, 0.15) is 0 Å². The quantitative estimate of drug-likeness (QED) is 0.672. The summed E-state index contributed by atoms with van der Waals surface area (Å²) >= 11 is 3.04. The SMILES string of the molecule is CCOC(=O)C(=CBr)C1(O)C(=O)N(C)c2ccccc21. The Morgan fingerprint density at radius 2 is 2.15 bits per heavy atom. The molecule has 1 unspecified atom stereocenters. The Balaban J connectivity index is 2.59. The molecule has 1 amide bonds. The summed E-state index contributed by atoms with van der Waals surface area (Å²) in [5, 5.41) is 10.8. The molecule has 0 saturated heterocycles. The van der Waals surface area contributed by atoms with Crippen LogP contribution in [0.5, 0.6) is 0 Å². The smallest absolute Gasteiger partial charge is 0.338 e. The molecule has 1 aromatic carbocycles. The molecule has 0 radical (unpaired) electrons. The van der Waals surface area contributed by atoms with Gasteiger partial charge in [-0.3, -0.25) is 4.79 Å². The van der Waals surface area contributed by atoms with E-state index < -0.39 is 17.5 Å². The summed E-state index contributed by atoms with van der Waals surface area (Å²) in [6.45, 7) is 1.81. The van der Waals surface area contributed by atoms with Crippen molar-refractivity contribution < 1.29 is 19.4 Å². The van der Waals surface area contributed by atoms with Crippen molar-refractivity contribution in [3.05, 3.63) is 40.4 Å². The number of hydrogen-bond donors (Lipinski definition) is 1. The fourth-order valence-electron chi connectivity index (χ4n) is 2.28. The summed E-state index contributed by atoms with van der Waals surface area (Å²) in [6, 6.07) is 6.79. The van der Waals surface area contributed by atoms with E-state index in [0.717, 1.165) is 0 Å². The van der Waals surface area contributed by atoms with Crippen molar-refractivity contribution in [2.45, 2.75) is 12.5 Å². The first kappa shape index (κ1) is 14.7. The van der Waals surface area contributed by atoms with Gasteiger partial charge in [0.15, 0.2) is 0 Å². The van der Waals surface area contributed by atoms with Gasteiger partial charge in [0.25, 0.3) is 5.91 Å². The number of anilines is 1. The molecule has 6 heteroatoms. The van der Waals surface area contributed by atoms with Gasteiger partial charge in [0, 0.05) is 12.6 Å². The summed E-state index contributed by atoms with van der Waals surface area (Å²) in [5.41, 5.74) is -1.23. The van der Waals surface area contributed by atoms with Crippen molar-refractivity contribution in [3.63, 3.8) is 0 Å². The maximum Gasteiger partial charge on any atom is 0.338 e. The number of nitrogens with zero attached hydrogens (tertiary/aromatic N) is 1. The van der Waals surface area contributed by atoms with Crippen LogP contribution in [0.15, 0.2) is 34.8 Å². The van der Waals surface area contributed by atoms with E-state index in [-0.39, 0.29) is 12.2 Å². The van der Waals surface area contributed by atoms with Crippen molar-refractivity contribution in [3.8, 4) is 0 Å². The Bertz CT molecular complexity index is 599. The number of carbonyl (C=O) groups excluding carboxylic acids is 2. The van der Waals surface area contributed by atoms with Crippen LogP contribution in [0.4, 0.5) is 5.69 Å². The molecule has 1 aromatic rings. The van der Waals surface area contributed by atoms with Crippen LogP contribution < -0.4 is 4.90 Å². The van der Waals surface area contributed by atoms with Gasteiger partial charge in [-0.1, -0.05) is 34.1 Å². The molecule has 0 aromatic heterocycles. The third-order valence-corrected chi connectivity index (χ3v) is 3.72. The molecule has 5 nitrogen and oxygen atoms in total. The lowest BCUT2D eigenvalue weighted by Gasteiger charge is -2.23. The first-order chi connectivity index (χ1) is 9.48. The van der Waals surface area contributed by atoms with E-state index >= 15 is 0 Å². The summed E-state index contributed by atoms with van der Waals surface area (Å²) in [4.78, 5) is 26.9. The highest BCUT2D eigenvalue weighted by molar-refractivity contribution is 9.11. The van der Waals surface area contributed by atoms with Gasteiger partial charge >= 0.3 is 5.97 Å². The third-order valence-electron chi connectivity index (χ3n) is 3.26. The largest absolute Gasteiger partial charge is 0.463 e. The number of hydrogen-bond acceptors (Lipinski definition) is 4. The molecule has 1 atom stereocenters. The molecule has 0 fully saturated rings. The second-order valence-corrected chi connectivity index (χ2v) is 4.79. The molecule has 106 valence electrons. The molecule has 1 aliphatic rings. The molecule has 0 saturated carbocycles. The van der Waals surface area contributed by atoms with Crippen LogP contribution >= 0.6 is 15.9 Å². The van der Waals surface area contributed by atoms with Crippen LogP contribution in [-0.2, 0) is 19.9 Å². The highest BCUT2D eigenvalue weighted by Gasteiger charge is 2.53. The molecular weight excluding hydrogens is 326 g/mol. The Hall–Kier alpha value is -1.66. The van der Waals surface area contributed by atoms with E-state index in [9.17, 15) is 14.7 Å². The van der Waals surface area contributed by atoms with Crippen molar-refractivity contribution in [2.75, 3.05) is 18.6 Å². The molecule has 20 heavy (non-hydrogen) atoms. The van der Waals surface area contributed by atoms with Crippen molar-refractivity contribution in [2.24, 2.45) is 0 Å². The summed E-state index contributed by atoms with van der Waals surface area (Å²) in [5.74, 6) is -1.32. The minimum absolute atomic E-state index is 0.138. The maximum absolute atomic E-state index is 12.4. The average molecular weight is 340 g/mol. The van der Waals surface area contributed by atoms with Crippen LogP contribution in [-0.4, -0.2) is 30.6 Å². The van der Waals surface area contributed by atoms with Crippen molar-refractivity contribution >= 4 is 33.5 Å². The molecule has 0 bridgehead atoms. The van der Waals surface area contributed by atoms with Gasteiger partial charge < -0.3 is 14.7 Å². The van der Waals surface area contributed by atoms with Gasteiger partial charge in [-0.25, -0.2) is 4.79 Å². The average Bonchev–Trinajstić information content (AvgIpc) is 2.64. The molecule has 1 heterocycles. The number of carbonyl (C=O) groups is 2. The lowest BCUT2D eigenvalue weighted by Crippen LogP contribution is -2.42. The van der Waals surface area contributed by atoms with E-state index in [2.05, 4.69) is 15.9 Å². The number of para-hydroxylation sites is 1. The number of aliphatic hydroxyl groups is 1. The van der Waals surface area contributed by atoms with Gasteiger partial charge in [-0.05, 0) is 18.0 Å². The van der Waals surface area contributed by atoms with Gasteiger partial charge in [-0.15, -0.1) is 0 Å². The second kappa shape index (κ2) is 5.38. The van der Waals surface area contributed by atoms with Crippen LogP contribution in [0.25, 0.3) is 0 Å². The van der Waals surface area contributed by atoms with Crippen LogP contribution in [0.3, 0.4) is 0 Å². The highest BCUT2D eigenvalue weighted by Crippen LogP contribution is 2.44. The molecule has 1 N–H and O–H groups in total. The fraction of sp³-hybridized carbons (Fsp3) is 0.286. The third kappa shape index (κ3) is 1.96. The Morgan fingerprint density at radius 1 is 1.50 bits per heavy atom. The standard InChI is InChI=1S/C14H14BrNO4/c1-3-20-12(17)10(8-15)14(19)9-6-4-5-7-11(9)16(2)13(14)18/h4-8,19H,3H2,1-2H3. The Labute approximate surface area is 125 Å². The maximum atomic E-state index is 12.4. The summed E-state index contributed by atoms with van der Waals surface area (Å²) in [7, 11) is 1.55. The Morgan fingerprint density at radius 3 is 2.75 bits per heavy atom. The zero-order valence-corrected chi connectivity index (χ0v) is 12.7. The number of esters is 1. The summed E-state index contributed by atoms with van der Waals surface area (Å²) in [6.07, 6.45) is 0. The lowest BCUT2D eigenvalue weighted by molar-refractivity contribution is -0.145. The number of rotatable bonds is 3. The van der Waals surface area contributed by atoms with Gasteiger partial charge in [-0.2, -0.15) is 0 Å². The normalized spacial score (nSPS) is 21.9. The van der Waals surface area contributed by atoms with Crippen LogP contribution in [0.2, 0.25) is 0 Å². The zero-order valence-electron chi connectivity index (χ0n) is 11.1. The van der Waals surface area contributed by atoms with E-state index in [4.69, 9.17) is 4.74 Å². The number of halogens is 1. The van der Waals surface area contributed by atoms with Crippen LogP contribution in [0, 0.1) is 0 Å². The van der Waals surface area contributed by atoms with E-state index in [0.29, 0.717) is 11.3 Å². The van der Waals surface area contributed by atoms with Gasteiger partial charge in [0.05, 0.1) is 17.9 Å². The molecule has 0 spiro atoms. The fourth-order valence-corrected chi connectivity index (χ4v) is 2.80. The Kier molecular flexibility index (Phi) is 3.96. The number of ether oxygens (including phenoxy) is 1. The number of likely N-dealkylation sites (N-methyl/N-ethyl adjacent to an activating group) is 1. The number of amides is 1. The van der Waals surface area contributed by atoms with Crippen molar-refractivity contribution in [1.29, 1.82) is 0 Å². The lowest BCUT2D eigenvalue weighted by atomic mass is 9.88. The second-order valence-electron chi connectivity index (χ2n) is 4.33. The highest BCUT2D eigenvalue weighted by atomic mass is 79.9. The zero-order chi connectivity index (χ0) is 14.9. The van der Waals surface area contributed by atoms with E-state index in [1.165, 1.54) is 9.89 Å². The minimum Gasteiger partial charge on any atom is -0.463 e. The topological polar surface area (TPSA) is 66.8 Å². The molecule has 1 aliphatic heterocycles. The van der Waals surface area contributed by atoms with E-state index in [1.807, 2.05) is 0 Å². The number of benzene rings is 1.